The molecule has 1 nitrogen and oxygen atoms in total. The minimum absolute atomic E-state index is 0.0817. The van der Waals surface area contributed by atoms with Gasteiger partial charge in [0.1, 0.15) is 0 Å². The lowest BCUT2D eigenvalue weighted by Gasteiger charge is -2.00. The van der Waals surface area contributed by atoms with E-state index in [-0.39, 0.29) is 6.04 Å². The fourth-order valence-corrected chi connectivity index (χ4v) is 1.60. The van der Waals surface area contributed by atoms with Crippen molar-refractivity contribution < 1.29 is 0 Å². The molecule has 0 radical (unpaired) electrons. The van der Waals surface area contributed by atoms with Crippen LogP contribution in [0.4, 0.5) is 0 Å². The van der Waals surface area contributed by atoms with Crippen molar-refractivity contribution in [3.05, 3.63) is 33.8 Å². The molecule has 1 unspecified atom stereocenters. The van der Waals surface area contributed by atoms with Gasteiger partial charge < -0.3 is 5.73 Å². The molecule has 3 heteroatoms. The lowest BCUT2D eigenvalue weighted by molar-refractivity contribution is 0.720. The molecule has 0 aliphatic heterocycles. The molecule has 0 spiro atoms. The Morgan fingerprint density at radius 3 is 2.73 bits per heavy atom. The van der Waals surface area contributed by atoms with E-state index in [1.807, 2.05) is 0 Å². The second-order valence-corrected chi connectivity index (χ2v) is 4.13. The maximum atomic E-state index is 5.96. The van der Waals surface area contributed by atoms with Crippen LogP contribution < -0.4 is 5.73 Å². The van der Waals surface area contributed by atoms with Crippen molar-refractivity contribution in [2.45, 2.75) is 25.8 Å². The molecule has 0 aromatic heterocycles. The molecule has 0 aliphatic carbocycles. The van der Waals surface area contributed by atoms with Gasteiger partial charge in [0.2, 0.25) is 0 Å². The molecular weight excluding hydrogens is 229 g/mol. The van der Waals surface area contributed by atoms with Crippen LogP contribution in [-0.4, -0.2) is 6.04 Å². The molecule has 2 N–H and O–H groups in total. The highest BCUT2D eigenvalue weighted by Crippen LogP contribution is 2.19. The highest BCUT2D eigenvalue weighted by atomic mass is 35.5. The largest absolute Gasteiger partial charge is 0.318 e. The quantitative estimate of drug-likeness (QED) is 0.789. The summed E-state index contributed by atoms with van der Waals surface area (Å²) in [6.07, 6.45) is 1.93. The van der Waals surface area contributed by atoms with E-state index in [2.05, 4.69) is 18.8 Å². The Hall–Kier alpha value is -0.680. The Labute approximate surface area is 101 Å². The molecule has 1 aromatic carbocycles. The summed E-state index contributed by atoms with van der Waals surface area (Å²) in [7, 11) is 0. The second-order valence-electron chi connectivity index (χ2n) is 3.29. The molecular formula is C12H13Cl2N. The zero-order valence-electron chi connectivity index (χ0n) is 8.56. The van der Waals surface area contributed by atoms with E-state index in [0.29, 0.717) is 10.0 Å². The van der Waals surface area contributed by atoms with E-state index in [9.17, 15) is 0 Å². The molecule has 15 heavy (non-hydrogen) atoms. The molecule has 0 saturated carbocycles. The predicted molar refractivity (Wildman–Crippen MR) is 66.2 cm³/mol. The van der Waals surface area contributed by atoms with Crippen molar-refractivity contribution >= 4 is 23.2 Å². The summed E-state index contributed by atoms with van der Waals surface area (Å²) < 4.78 is 0. The number of hydrogen-bond acceptors (Lipinski definition) is 1. The molecule has 0 bridgehead atoms. The Morgan fingerprint density at radius 2 is 2.13 bits per heavy atom. The van der Waals surface area contributed by atoms with E-state index in [4.69, 9.17) is 28.9 Å². The zero-order chi connectivity index (χ0) is 11.3. The van der Waals surface area contributed by atoms with Gasteiger partial charge in [0.25, 0.3) is 0 Å². The van der Waals surface area contributed by atoms with Crippen LogP contribution in [0.15, 0.2) is 18.2 Å². The lowest BCUT2D eigenvalue weighted by atomic mass is 10.1. The average molecular weight is 242 g/mol. The van der Waals surface area contributed by atoms with Gasteiger partial charge in [-0.15, -0.1) is 0 Å². The van der Waals surface area contributed by atoms with Crippen LogP contribution in [0.25, 0.3) is 0 Å². The predicted octanol–water partition coefficient (Wildman–Crippen LogP) is 3.47. The molecule has 1 aromatic rings. The Balaban J connectivity index is 2.80. The summed E-state index contributed by atoms with van der Waals surface area (Å²) in [6.45, 7) is 2.08. The van der Waals surface area contributed by atoms with E-state index in [1.54, 1.807) is 18.2 Å². The highest BCUT2D eigenvalue weighted by molar-refractivity contribution is 6.35. The van der Waals surface area contributed by atoms with Gasteiger partial charge in [-0.3, -0.25) is 0 Å². The maximum absolute atomic E-state index is 5.96. The van der Waals surface area contributed by atoms with Crippen molar-refractivity contribution in [2.75, 3.05) is 0 Å². The summed E-state index contributed by atoms with van der Waals surface area (Å²) in [6, 6.07) is 5.17. The number of halogens is 2. The van der Waals surface area contributed by atoms with Gasteiger partial charge in [-0.2, -0.15) is 0 Å². The fourth-order valence-electron chi connectivity index (χ4n) is 1.14. The second kappa shape index (κ2) is 6.02. The minimum atomic E-state index is -0.0817. The van der Waals surface area contributed by atoms with Gasteiger partial charge >= 0.3 is 0 Å². The number of rotatable bonds is 2. The van der Waals surface area contributed by atoms with Crippen LogP contribution in [0.5, 0.6) is 0 Å². The number of hydrogen-bond donors (Lipinski definition) is 1. The summed E-state index contributed by atoms with van der Waals surface area (Å²) in [5.41, 5.74) is 6.54. The molecule has 0 heterocycles. The van der Waals surface area contributed by atoms with Crippen molar-refractivity contribution in [1.29, 1.82) is 0 Å². The van der Waals surface area contributed by atoms with Crippen molar-refractivity contribution in [3.8, 4) is 11.8 Å². The van der Waals surface area contributed by atoms with Crippen LogP contribution in [0.1, 0.15) is 25.3 Å². The van der Waals surface area contributed by atoms with E-state index >= 15 is 0 Å². The molecule has 0 saturated heterocycles. The fraction of sp³-hybridized carbons (Fsp3) is 0.333. The third-order valence-corrected chi connectivity index (χ3v) is 2.47. The van der Waals surface area contributed by atoms with E-state index in [1.165, 1.54) is 0 Å². The zero-order valence-corrected chi connectivity index (χ0v) is 10.1. The normalized spacial score (nSPS) is 11.7. The summed E-state index contributed by atoms with van der Waals surface area (Å²) >= 11 is 11.7. The van der Waals surface area contributed by atoms with Gasteiger partial charge in [-0.05, 0) is 24.6 Å². The van der Waals surface area contributed by atoms with Gasteiger partial charge in [0.15, 0.2) is 0 Å². The van der Waals surface area contributed by atoms with Gasteiger partial charge in [-0.1, -0.05) is 48.4 Å². The van der Waals surface area contributed by atoms with Crippen molar-refractivity contribution in [1.82, 2.24) is 0 Å². The molecule has 1 atom stereocenters. The molecule has 80 valence electrons. The molecule has 0 amide bonds. The topological polar surface area (TPSA) is 26.0 Å². The molecule has 1 rings (SSSR count). The first-order valence-corrected chi connectivity index (χ1v) is 5.61. The average Bonchev–Trinajstić information content (AvgIpc) is 2.17. The third kappa shape index (κ3) is 4.13. The summed E-state index contributed by atoms with van der Waals surface area (Å²) in [4.78, 5) is 0. The van der Waals surface area contributed by atoms with E-state index < -0.39 is 0 Å². The SMILES string of the molecule is CCCC(N)C#Cc1ccc(Cl)cc1Cl. The number of nitrogens with two attached hydrogens (primary N) is 1. The van der Waals surface area contributed by atoms with Gasteiger partial charge in [0.05, 0.1) is 11.1 Å². The first kappa shape index (κ1) is 12.4. The number of benzene rings is 1. The first-order valence-electron chi connectivity index (χ1n) is 4.85. The van der Waals surface area contributed by atoms with Crippen molar-refractivity contribution in [2.24, 2.45) is 5.73 Å². The summed E-state index contributed by atoms with van der Waals surface area (Å²) in [5, 5.41) is 1.18. The lowest BCUT2D eigenvalue weighted by Crippen LogP contribution is -2.16. The van der Waals surface area contributed by atoms with E-state index in [0.717, 1.165) is 18.4 Å². The molecule has 0 aliphatic rings. The monoisotopic (exact) mass is 241 g/mol. The third-order valence-electron chi connectivity index (χ3n) is 1.92. The maximum Gasteiger partial charge on any atom is 0.0668 e. The van der Waals surface area contributed by atoms with Crippen LogP contribution >= 0.6 is 23.2 Å². The Bertz CT molecular complexity index is 390. The van der Waals surface area contributed by atoms with Gasteiger partial charge in [0, 0.05) is 10.6 Å². The standard InChI is InChI=1S/C12H13Cl2N/c1-2-3-11(15)7-5-9-4-6-10(13)8-12(9)14/h4,6,8,11H,2-3,15H2,1H3. The first-order chi connectivity index (χ1) is 7.13. The Kier molecular flexibility index (Phi) is 4.98. The van der Waals surface area contributed by atoms with Crippen LogP contribution in [0, 0.1) is 11.8 Å². The van der Waals surface area contributed by atoms with Crippen LogP contribution in [0.3, 0.4) is 0 Å². The Morgan fingerprint density at radius 1 is 1.40 bits per heavy atom. The highest BCUT2D eigenvalue weighted by Gasteiger charge is 1.98. The van der Waals surface area contributed by atoms with Gasteiger partial charge in [-0.25, -0.2) is 0 Å². The van der Waals surface area contributed by atoms with Crippen LogP contribution in [0.2, 0.25) is 10.0 Å². The molecule has 0 fully saturated rings. The minimum Gasteiger partial charge on any atom is -0.318 e. The van der Waals surface area contributed by atoms with Crippen molar-refractivity contribution in [3.63, 3.8) is 0 Å². The summed E-state index contributed by atoms with van der Waals surface area (Å²) in [5.74, 6) is 5.92. The smallest absolute Gasteiger partial charge is 0.0668 e. The van der Waals surface area contributed by atoms with Crippen LogP contribution in [-0.2, 0) is 0 Å².